The van der Waals surface area contributed by atoms with E-state index < -0.39 is 11.2 Å². The van der Waals surface area contributed by atoms with Crippen molar-refractivity contribution in [1.29, 1.82) is 0 Å². The molecule has 0 atom stereocenters. The van der Waals surface area contributed by atoms with Crippen LogP contribution in [0.3, 0.4) is 0 Å². The molecule has 0 radical (unpaired) electrons. The Morgan fingerprint density at radius 3 is 2.48 bits per heavy atom. The van der Waals surface area contributed by atoms with Gasteiger partial charge >= 0.3 is 11.7 Å². The van der Waals surface area contributed by atoms with Crippen LogP contribution in [-0.4, -0.2) is 37.9 Å². The smallest absolute Gasteiger partial charge is 0.332 e. The van der Waals surface area contributed by atoms with Crippen molar-refractivity contribution in [2.24, 2.45) is 19.2 Å². The number of aromatic nitrogens is 4. The molecule has 5 aromatic rings. The molecule has 1 N–H and O–H groups in total. The number of hydrogen-bond acceptors (Lipinski definition) is 7. The van der Waals surface area contributed by atoms with Crippen LogP contribution in [0.5, 0.6) is 17.5 Å². The quantitative estimate of drug-likeness (QED) is 0.207. The Morgan fingerprint density at radius 2 is 1.76 bits per heavy atom. The van der Waals surface area contributed by atoms with Gasteiger partial charge in [-0.15, -0.1) is 0 Å². The summed E-state index contributed by atoms with van der Waals surface area (Å²) in [5.41, 5.74) is 3.43. The summed E-state index contributed by atoms with van der Waals surface area (Å²) in [4.78, 5) is 42.6. The molecular formula is C29H24Cl2N6O5. The summed E-state index contributed by atoms with van der Waals surface area (Å²) in [6.45, 7) is 0.101. The Bertz CT molecular complexity index is 1960. The van der Waals surface area contributed by atoms with Crippen molar-refractivity contribution in [3.8, 4) is 17.5 Å². The maximum absolute atomic E-state index is 13.2. The summed E-state index contributed by atoms with van der Waals surface area (Å²) in [7, 11) is 4.38. The number of rotatable bonds is 8. The molecule has 13 heteroatoms. The first-order chi connectivity index (χ1) is 20.2. The van der Waals surface area contributed by atoms with Gasteiger partial charge in [0.2, 0.25) is 0 Å². The number of hydrazone groups is 1. The lowest BCUT2D eigenvalue weighted by Crippen LogP contribution is -2.37. The number of halogens is 2. The molecule has 0 unspecified atom stereocenters. The highest BCUT2D eigenvalue weighted by atomic mass is 35.5. The van der Waals surface area contributed by atoms with Gasteiger partial charge in [-0.25, -0.2) is 10.2 Å². The van der Waals surface area contributed by atoms with Crippen LogP contribution in [0.1, 0.15) is 21.5 Å². The average Bonchev–Trinajstić information content (AvgIpc) is 3.35. The minimum Gasteiger partial charge on any atom is -0.493 e. The number of carbonyl (C=O) groups is 1. The summed E-state index contributed by atoms with van der Waals surface area (Å²) < 4.78 is 15.5. The van der Waals surface area contributed by atoms with Gasteiger partial charge in [0, 0.05) is 29.7 Å². The molecule has 2 aromatic heterocycles. The van der Waals surface area contributed by atoms with E-state index in [1.54, 1.807) is 65.2 Å². The number of imidazole rings is 1. The zero-order valence-electron chi connectivity index (χ0n) is 22.7. The molecule has 1 amide bonds. The second kappa shape index (κ2) is 11.9. The van der Waals surface area contributed by atoms with Crippen molar-refractivity contribution in [2.75, 3.05) is 7.11 Å². The largest absolute Gasteiger partial charge is 0.493 e. The van der Waals surface area contributed by atoms with E-state index in [-0.39, 0.29) is 35.4 Å². The SMILES string of the molecule is COc1cc(C=NNC(=O)c2ccccc2)ccc1Oc1nc2c(c(=O)n(C)c(=O)n2C)n1Cc1ccc(Cl)cc1Cl. The van der Waals surface area contributed by atoms with Crippen LogP contribution in [0.4, 0.5) is 0 Å². The highest BCUT2D eigenvalue weighted by Crippen LogP contribution is 2.33. The van der Waals surface area contributed by atoms with Gasteiger partial charge in [-0.05, 0) is 53.6 Å². The second-order valence-corrected chi connectivity index (χ2v) is 10.0. The lowest BCUT2D eigenvalue weighted by atomic mass is 10.2. The normalized spacial score (nSPS) is 11.3. The summed E-state index contributed by atoms with van der Waals surface area (Å²) >= 11 is 12.5. The van der Waals surface area contributed by atoms with Gasteiger partial charge < -0.3 is 9.47 Å². The zero-order chi connectivity index (χ0) is 30.0. The fourth-order valence-electron chi connectivity index (χ4n) is 4.24. The monoisotopic (exact) mass is 606 g/mol. The van der Waals surface area contributed by atoms with Crippen molar-refractivity contribution in [2.45, 2.75) is 6.54 Å². The number of nitrogens with one attached hydrogen (secondary N) is 1. The number of methoxy groups -OCH3 is 1. The van der Waals surface area contributed by atoms with E-state index in [9.17, 15) is 14.4 Å². The van der Waals surface area contributed by atoms with Crippen LogP contribution < -0.4 is 26.1 Å². The first kappa shape index (κ1) is 28.7. The van der Waals surface area contributed by atoms with E-state index >= 15 is 0 Å². The van der Waals surface area contributed by atoms with E-state index in [1.165, 1.54) is 32.0 Å². The molecule has 3 aromatic carbocycles. The maximum atomic E-state index is 13.2. The van der Waals surface area contributed by atoms with Crippen LogP contribution >= 0.6 is 23.2 Å². The Kier molecular flexibility index (Phi) is 8.14. The molecule has 42 heavy (non-hydrogen) atoms. The molecule has 0 fully saturated rings. The third-order valence-corrected chi connectivity index (χ3v) is 7.05. The second-order valence-electron chi connectivity index (χ2n) is 9.17. The molecule has 0 aliphatic rings. The predicted molar refractivity (Wildman–Crippen MR) is 160 cm³/mol. The third kappa shape index (κ3) is 5.65. The van der Waals surface area contributed by atoms with Gasteiger partial charge in [0.15, 0.2) is 22.7 Å². The van der Waals surface area contributed by atoms with Gasteiger partial charge in [0.05, 0.1) is 19.9 Å². The highest BCUT2D eigenvalue weighted by Gasteiger charge is 2.22. The fourth-order valence-corrected chi connectivity index (χ4v) is 4.71. The lowest BCUT2D eigenvalue weighted by Gasteiger charge is -2.13. The minimum atomic E-state index is -0.545. The fraction of sp³-hybridized carbons (Fsp3) is 0.138. The van der Waals surface area contributed by atoms with Crippen LogP contribution in [0.15, 0.2) is 81.4 Å². The Labute approximate surface area is 249 Å². The molecule has 0 aliphatic carbocycles. The molecule has 0 saturated heterocycles. The van der Waals surface area contributed by atoms with Gasteiger partial charge in [0.25, 0.3) is 11.5 Å². The number of fused-ring (bicyclic) bond motifs is 1. The number of ether oxygens (including phenoxy) is 2. The lowest BCUT2D eigenvalue weighted by molar-refractivity contribution is 0.0955. The van der Waals surface area contributed by atoms with Crippen molar-refractivity contribution in [3.05, 3.63) is 114 Å². The third-order valence-electron chi connectivity index (χ3n) is 6.46. The van der Waals surface area contributed by atoms with Crippen LogP contribution in [-0.2, 0) is 20.6 Å². The summed E-state index contributed by atoms with van der Waals surface area (Å²) in [5.74, 6) is 0.265. The van der Waals surface area contributed by atoms with E-state index in [2.05, 4.69) is 15.5 Å². The number of benzene rings is 3. The van der Waals surface area contributed by atoms with E-state index in [0.717, 1.165) is 4.57 Å². The molecule has 0 saturated carbocycles. The van der Waals surface area contributed by atoms with Gasteiger partial charge in [-0.2, -0.15) is 10.1 Å². The number of nitrogens with zero attached hydrogens (tertiary/aromatic N) is 5. The average molecular weight is 607 g/mol. The van der Waals surface area contributed by atoms with E-state index in [4.69, 9.17) is 32.7 Å². The van der Waals surface area contributed by atoms with Gasteiger partial charge in [-0.1, -0.05) is 47.5 Å². The molecule has 0 aliphatic heterocycles. The van der Waals surface area contributed by atoms with Crippen LogP contribution in [0.25, 0.3) is 11.2 Å². The summed E-state index contributed by atoms with van der Waals surface area (Å²) in [6, 6.07) is 18.7. The molecule has 11 nitrogen and oxygen atoms in total. The first-order valence-electron chi connectivity index (χ1n) is 12.5. The summed E-state index contributed by atoms with van der Waals surface area (Å²) in [5, 5.41) is 4.87. The molecular weight excluding hydrogens is 583 g/mol. The predicted octanol–water partition coefficient (Wildman–Crippen LogP) is 4.35. The Morgan fingerprint density at radius 1 is 1.00 bits per heavy atom. The number of amides is 1. The number of aryl methyl sites for hydroxylation is 1. The Balaban J connectivity index is 1.50. The van der Waals surface area contributed by atoms with Crippen LogP contribution in [0, 0.1) is 0 Å². The molecule has 0 spiro atoms. The number of carbonyl (C=O) groups excluding carboxylic acids is 1. The first-order valence-corrected chi connectivity index (χ1v) is 13.3. The Hall–Kier alpha value is -4.87. The number of hydrogen-bond donors (Lipinski definition) is 1. The maximum Gasteiger partial charge on any atom is 0.332 e. The van der Waals surface area contributed by atoms with Crippen molar-refractivity contribution < 1.29 is 14.3 Å². The van der Waals surface area contributed by atoms with Crippen molar-refractivity contribution in [3.63, 3.8) is 0 Å². The zero-order valence-corrected chi connectivity index (χ0v) is 24.2. The van der Waals surface area contributed by atoms with Crippen LogP contribution in [0.2, 0.25) is 10.0 Å². The highest BCUT2D eigenvalue weighted by molar-refractivity contribution is 6.35. The van der Waals surface area contributed by atoms with Crippen molar-refractivity contribution >= 4 is 46.5 Å². The van der Waals surface area contributed by atoms with Gasteiger partial charge in [0.1, 0.15) is 0 Å². The van der Waals surface area contributed by atoms with E-state index in [1.807, 2.05) is 6.07 Å². The van der Waals surface area contributed by atoms with Gasteiger partial charge in [-0.3, -0.25) is 23.3 Å². The summed E-state index contributed by atoms with van der Waals surface area (Å²) in [6.07, 6.45) is 1.46. The topological polar surface area (TPSA) is 122 Å². The molecule has 5 rings (SSSR count). The molecule has 214 valence electrons. The molecule has 0 bridgehead atoms. The molecule has 2 heterocycles. The standard InChI is InChI=1S/C29H24Cl2N6O5/c1-35-25-24(27(39)36(2)29(35)40)37(16-19-10-11-20(30)14-21(19)31)28(33-25)42-22-12-9-17(13-23(22)41-3)15-32-34-26(38)18-7-5-4-6-8-18/h4-15H,16H2,1-3H3,(H,34,38). The minimum absolute atomic E-state index is 0.0316. The van der Waals surface area contributed by atoms with E-state index in [0.29, 0.717) is 32.5 Å². The van der Waals surface area contributed by atoms with Crippen molar-refractivity contribution in [1.82, 2.24) is 24.1 Å².